The Morgan fingerprint density at radius 2 is 2.14 bits per heavy atom. The third-order valence-electron chi connectivity index (χ3n) is 3.66. The van der Waals surface area contributed by atoms with Crippen LogP contribution in [-0.2, 0) is 24.2 Å². The molecule has 1 aromatic carbocycles. The van der Waals surface area contributed by atoms with E-state index in [0.29, 0.717) is 17.3 Å². The zero-order valence-corrected chi connectivity index (χ0v) is 12.3. The second kappa shape index (κ2) is 5.68. The molecule has 0 aliphatic heterocycles. The Bertz CT molecular complexity index is 661. The van der Waals surface area contributed by atoms with E-state index in [9.17, 15) is 4.79 Å². The van der Waals surface area contributed by atoms with Crippen molar-refractivity contribution in [1.29, 1.82) is 0 Å². The predicted octanol–water partition coefficient (Wildman–Crippen LogP) is 3.04. The highest BCUT2D eigenvalue weighted by atomic mass is 16.6. The molecule has 0 spiro atoms. The highest BCUT2D eigenvalue weighted by Gasteiger charge is 2.16. The van der Waals surface area contributed by atoms with Gasteiger partial charge in [0.1, 0.15) is 0 Å². The Hall–Kier alpha value is -2.17. The maximum Gasteiger partial charge on any atom is 0.338 e. The first kappa shape index (κ1) is 13.8. The number of benzene rings is 1. The number of carbonyl (C=O) groups excluding carboxylic acids is 1. The maximum absolute atomic E-state index is 12.0. The summed E-state index contributed by atoms with van der Waals surface area (Å²) in [7, 11) is 0. The zero-order chi connectivity index (χ0) is 14.8. The van der Waals surface area contributed by atoms with Crippen LogP contribution in [0.1, 0.15) is 59.4 Å². The van der Waals surface area contributed by atoms with Gasteiger partial charge in [-0.15, -0.1) is 0 Å². The average Bonchev–Trinajstić information content (AvgIpc) is 3.12. The first-order valence-corrected chi connectivity index (χ1v) is 7.25. The van der Waals surface area contributed by atoms with E-state index in [4.69, 9.17) is 9.26 Å². The van der Waals surface area contributed by atoms with E-state index in [0.717, 1.165) is 19.3 Å². The first-order valence-electron chi connectivity index (χ1n) is 7.25. The smallest absolute Gasteiger partial charge is 0.338 e. The van der Waals surface area contributed by atoms with E-state index in [1.54, 1.807) is 0 Å². The van der Waals surface area contributed by atoms with Crippen LogP contribution in [0.15, 0.2) is 22.7 Å². The molecule has 3 rings (SSSR count). The van der Waals surface area contributed by atoms with Gasteiger partial charge in [0, 0.05) is 5.92 Å². The molecule has 0 fully saturated rings. The molecule has 1 heterocycles. The summed E-state index contributed by atoms with van der Waals surface area (Å²) in [6.07, 6.45) is 3.30. The molecule has 0 radical (unpaired) electrons. The normalized spacial score (nSPS) is 13.5. The number of aryl methyl sites for hydroxylation is 2. The average molecular weight is 286 g/mol. The van der Waals surface area contributed by atoms with Gasteiger partial charge in [-0.2, -0.15) is 4.98 Å². The number of carbonyl (C=O) groups is 1. The molecule has 1 aliphatic carbocycles. The number of hydrogen-bond donors (Lipinski definition) is 0. The van der Waals surface area contributed by atoms with Gasteiger partial charge in [-0.25, -0.2) is 4.79 Å². The van der Waals surface area contributed by atoms with Gasteiger partial charge in [0.2, 0.25) is 0 Å². The molecule has 110 valence electrons. The monoisotopic (exact) mass is 286 g/mol. The Morgan fingerprint density at radius 1 is 1.33 bits per heavy atom. The summed E-state index contributed by atoms with van der Waals surface area (Å²) in [5.41, 5.74) is 3.17. The second-order valence-corrected chi connectivity index (χ2v) is 5.61. The van der Waals surface area contributed by atoms with Gasteiger partial charge in [-0.05, 0) is 42.5 Å². The molecule has 0 saturated heterocycles. The Kier molecular flexibility index (Phi) is 3.73. The standard InChI is InChI=1S/C16H18N2O3/c1-10(2)15-17-14(21-18-15)9-20-16(19)13-7-6-11-4-3-5-12(11)8-13/h6-8,10H,3-5,9H2,1-2H3. The van der Waals surface area contributed by atoms with Gasteiger partial charge in [0.05, 0.1) is 5.56 Å². The van der Waals surface area contributed by atoms with Crippen LogP contribution < -0.4 is 0 Å². The van der Waals surface area contributed by atoms with E-state index < -0.39 is 0 Å². The molecule has 0 amide bonds. The third-order valence-corrected chi connectivity index (χ3v) is 3.66. The molecule has 0 atom stereocenters. The number of ether oxygens (including phenoxy) is 1. The van der Waals surface area contributed by atoms with Crippen molar-refractivity contribution in [3.63, 3.8) is 0 Å². The molecular weight excluding hydrogens is 268 g/mol. The van der Waals surface area contributed by atoms with Gasteiger partial charge >= 0.3 is 5.97 Å². The van der Waals surface area contributed by atoms with Gasteiger partial charge < -0.3 is 9.26 Å². The van der Waals surface area contributed by atoms with Crippen molar-refractivity contribution in [2.45, 2.75) is 45.6 Å². The molecule has 1 aromatic heterocycles. The fourth-order valence-electron chi connectivity index (χ4n) is 2.47. The fourth-order valence-corrected chi connectivity index (χ4v) is 2.47. The fraction of sp³-hybridized carbons (Fsp3) is 0.438. The minimum absolute atomic E-state index is 0.00956. The van der Waals surface area contributed by atoms with Crippen molar-refractivity contribution in [3.8, 4) is 0 Å². The molecular formula is C16H18N2O3. The summed E-state index contributed by atoms with van der Waals surface area (Å²) in [5, 5.41) is 3.84. The first-order chi connectivity index (χ1) is 10.1. The van der Waals surface area contributed by atoms with Gasteiger partial charge in [-0.1, -0.05) is 25.1 Å². The minimum atomic E-state index is -0.353. The van der Waals surface area contributed by atoms with Crippen molar-refractivity contribution in [2.75, 3.05) is 0 Å². The number of esters is 1. The molecule has 5 nitrogen and oxygen atoms in total. The molecule has 0 unspecified atom stereocenters. The third kappa shape index (κ3) is 2.96. The molecule has 5 heteroatoms. The van der Waals surface area contributed by atoms with Crippen LogP contribution >= 0.6 is 0 Å². The maximum atomic E-state index is 12.0. The van der Waals surface area contributed by atoms with Crippen molar-refractivity contribution in [2.24, 2.45) is 0 Å². The summed E-state index contributed by atoms with van der Waals surface area (Å²) < 4.78 is 10.3. The van der Waals surface area contributed by atoms with Crippen molar-refractivity contribution < 1.29 is 14.1 Å². The molecule has 1 aliphatic rings. The Labute approximate surface area is 123 Å². The minimum Gasteiger partial charge on any atom is -0.452 e. The van der Waals surface area contributed by atoms with Crippen LogP contribution in [0.4, 0.5) is 0 Å². The molecule has 0 N–H and O–H groups in total. The highest BCUT2D eigenvalue weighted by Crippen LogP contribution is 2.23. The second-order valence-electron chi connectivity index (χ2n) is 5.61. The van der Waals surface area contributed by atoms with E-state index in [2.05, 4.69) is 10.1 Å². The lowest BCUT2D eigenvalue weighted by Gasteiger charge is -2.04. The summed E-state index contributed by atoms with van der Waals surface area (Å²) in [4.78, 5) is 16.2. The largest absolute Gasteiger partial charge is 0.452 e. The Balaban J connectivity index is 1.63. The van der Waals surface area contributed by atoms with E-state index in [1.165, 1.54) is 11.1 Å². The number of aromatic nitrogens is 2. The molecule has 2 aromatic rings. The van der Waals surface area contributed by atoms with E-state index in [1.807, 2.05) is 32.0 Å². The lowest BCUT2D eigenvalue weighted by molar-refractivity contribution is 0.0429. The summed E-state index contributed by atoms with van der Waals surface area (Å²) in [5.74, 6) is 0.788. The topological polar surface area (TPSA) is 65.2 Å². The van der Waals surface area contributed by atoms with E-state index >= 15 is 0 Å². The van der Waals surface area contributed by atoms with Crippen LogP contribution in [0.5, 0.6) is 0 Å². The van der Waals surface area contributed by atoms with Crippen molar-refractivity contribution >= 4 is 5.97 Å². The molecule has 0 bridgehead atoms. The van der Waals surface area contributed by atoms with Crippen LogP contribution in [0.3, 0.4) is 0 Å². The quantitative estimate of drug-likeness (QED) is 0.808. The van der Waals surface area contributed by atoms with Gasteiger partial charge in [0.25, 0.3) is 5.89 Å². The summed E-state index contributed by atoms with van der Waals surface area (Å²) in [6, 6.07) is 5.76. The number of hydrogen-bond acceptors (Lipinski definition) is 5. The lowest BCUT2D eigenvalue weighted by atomic mass is 10.1. The molecule has 0 saturated carbocycles. The Morgan fingerprint density at radius 3 is 2.90 bits per heavy atom. The van der Waals surface area contributed by atoms with Crippen LogP contribution in [0, 0.1) is 0 Å². The highest BCUT2D eigenvalue weighted by molar-refractivity contribution is 5.89. The predicted molar refractivity (Wildman–Crippen MR) is 76.0 cm³/mol. The lowest BCUT2D eigenvalue weighted by Crippen LogP contribution is -2.06. The summed E-state index contributed by atoms with van der Waals surface area (Å²) in [6.45, 7) is 3.96. The SMILES string of the molecule is CC(C)c1noc(COC(=O)c2ccc3c(c2)CCC3)n1. The number of rotatable bonds is 4. The van der Waals surface area contributed by atoms with E-state index in [-0.39, 0.29) is 18.5 Å². The van der Waals surface area contributed by atoms with Gasteiger partial charge in [-0.3, -0.25) is 0 Å². The van der Waals surface area contributed by atoms with Crippen LogP contribution in [-0.4, -0.2) is 16.1 Å². The van der Waals surface area contributed by atoms with Crippen molar-refractivity contribution in [1.82, 2.24) is 10.1 Å². The summed E-state index contributed by atoms with van der Waals surface area (Å²) >= 11 is 0. The number of fused-ring (bicyclic) bond motifs is 1. The van der Waals surface area contributed by atoms with Crippen LogP contribution in [0.25, 0.3) is 0 Å². The number of nitrogens with zero attached hydrogens (tertiary/aromatic N) is 2. The zero-order valence-electron chi connectivity index (χ0n) is 12.3. The van der Waals surface area contributed by atoms with Gasteiger partial charge in [0.15, 0.2) is 12.4 Å². The van der Waals surface area contributed by atoms with Crippen molar-refractivity contribution in [3.05, 3.63) is 46.6 Å². The molecule has 21 heavy (non-hydrogen) atoms. The van der Waals surface area contributed by atoms with Crippen LogP contribution in [0.2, 0.25) is 0 Å².